The van der Waals surface area contributed by atoms with E-state index in [1.807, 2.05) is 6.07 Å². The van der Waals surface area contributed by atoms with Gasteiger partial charge in [-0.15, -0.1) is 11.6 Å². The Hall–Kier alpha value is -1.73. The highest BCUT2D eigenvalue weighted by atomic mass is 35.5. The number of methoxy groups -OCH3 is 2. The van der Waals surface area contributed by atoms with Crippen LogP contribution in [0.3, 0.4) is 0 Å². The maximum Gasteiger partial charge on any atom is 0.309 e. The molecule has 0 fully saturated rings. The van der Waals surface area contributed by atoms with Crippen LogP contribution >= 0.6 is 11.6 Å². The fraction of sp³-hybridized carbons (Fsp3) is 0.333. The van der Waals surface area contributed by atoms with Crippen LogP contribution in [0.4, 0.5) is 0 Å². The highest BCUT2D eigenvalue weighted by Gasteiger charge is 2.14. The van der Waals surface area contributed by atoms with Crippen molar-refractivity contribution in [2.24, 2.45) is 0 Å². The molecule has 0 saturated carbocycles. The molecule has 4 nitrogen and oxygen atoms in total. The van der Waals surface area contributed by atoms with E-state index >= 15 is 0 Å². The third-order valence-electron chi connectivity index (χ3n) is 2.35. The van der Waals surface area contributed by atoms with Gasteiger partial charge in [-0.2, -0.15) is 5.26 Å². The van der Waals surface area contributed by atoms with Crippen molar-refractivity contribution in [1.29, 1.82) is 5.26 Å². The Balaban J connectivity index is 3.25. The number of hydrogen-bond donors (Lipinski definition) is 0. The van der Waals surface area contributed by atoms with Gasteiger partial charge < -0.3 is 9.47 Å². The smallest absolute Gasteiger partial charge is 0.309 e. The molecule has 0 heterocycles. The molecule has 5 heteroatoms. The quantitative estimate of drug-likeness (QED) is 0.608. The van der Waals surface area contributed by atoms with Crippen LogP contribution in [0.5, 0.6) is 5.75 Å². The summed E-state index contributed by atoms with van der Waals surface area (Å²) in [5, 5.41) is 8.88. The Morgan fingerprint density at radius 3 is 2.65 bits per heavy atom. The first kappa shape index (κ1) is 13.3. The molecular weight excluding hydrogens is 242 g/mol. The molecule has 0 amide bonds. The standard InChI is InChI=1S/C12H12ClNO3/c1-16-11-4-8(7-14)3-9(10(11)6-13)5-12(15)17-2/h3-4H,5-6H2,1-2H3. The normalized spacial score (nSPS) is 9.53. The van der Waals surface area contributed by atoms with Crippen LogP contribution in [0.15, 0.2) is 12.1 Å². The van der Waals surface area contributed by atoms with Crippen molar-refractivity contribution in [3.05, 3.63) is 28.8 Å². The summed E-state index contributed by atoms with van der Waals surface area (Å²) in [4.78, 5) is 11.3. The molecule has 0 aromatic heterocycles. The number of ether oxygens (including phenoxy) is 2. The SMILES string of the molecule is COC(=O)Cc1cc(C#N)cc(OC)c1CCl. The van der Waals surface area contributed by atoms with Gasteiger partial charge in [-0.05, 0) is 17.7 Å². The van der Waals surface area contributed by atoms with Crippen molar-refractivity contribution in [3.63, 3.8) is 0 Å². The molecule has 1 aromatic rings. The average Bonchev–Trinajstić information content (AvgIpc) is 2.37. The van der Waals surface area contributed by atoms with Gasteiger partial charge in [0.25, 0.3) is 0 Å². The lowest BCUT2D eigenvalue weighted by Crippen LogP contribution is -2.08. The second-order valence-corrected chi connectivity index (χ2v) is 3.58. The third-order valence-corrected chi connectivity index (χ3v) is 2.61. The minimum Gasteiger partial charge on any atom is -0.496 e. The topological polar surface area (TPSA) is 59.3 Å². The van der Waals surface area contributed by atoms with Crippen LogP contribution in [0, 0.1) is 11.3 Å². The number of nitriles is 1. The molecule has 0 aliphatic heterocycles. The number of benzene rings is 1. The number of carbonyl (C=O) groups is 1. The molecule has 17 heavy (non-hydrogen) atoms. The van der Waals surface area contributed by atoms with E-state index in [0.29, 0.717) is 22.4 Å². The fourth-order valence-corrected chi connectivity index (χ4v) is 1.79. The molecule has 1 rings (SSSR count). The molecule has 0 aliphatic rings. The van der Waals surface area contributed by atoms with Gasteiger partial charge in [0, 0.05) is 5.56 Å². The van der Waals surface area contributed by atoms with Crippen LogP contribution in [0.1, 0.15) is 16.7 Å². The molecule has 0 spiro atoms. The van der Waals surface area contributed by atoms with E-state index in [1.54, 1.807) is 12.1 Å². The zero-order valence-electron chi connectivity index (χ0n) is 9.62. The number of rotatable bonds is 4. The summed E-state index contributed by atoms with van der Waals surface area (Å²) in [5.41, 5.74) is 1.79. The molecule has 0 bridgehead atoms. The monoisotopic (exact) mass is 253 g/mol. The van der Waals surface area contributed by atoms with E-state index in [-0.39, 0.29) is 18.3 Å². The highest BCUT2D eigenvalue weighted by molar-refractivity contribution is 6.17. The van der Waals surface area contributed by atoms with E-state index < -0.39 is 0 Å². The van der Waals surface area contributed by atoms with Crippen LogP contribution in [-0.2, 0) is 21.8 Å². The molecular formula is C12H12ClNO3. The second kappa shape index (κ2) is 6.12. The van der Waals surface area contributed by atoms with Gasteiger partial charge in [0.05, 0.1) is 38.2 Å². The maximum absolute atomic E-state index is 11.3. The number of halogens is 1. The van der Waals surface area contributed by atoms with Crippen molar-refractivity contribution >= 4 is 17.6 Å². The average molecular weight is 254 g/mol. The summed E-state index contributed by atoms with van der Waals surface area (Å²) < 4.78 is 9.74. The van der Waals surface area contributed by atoms with Crippen LogP contribution in [0.2, 0.25) is 0 Å². The van der Waals surface area contributed by atoms with Crippen molar-refractivity contribution < 1.29 is 14.3 Å². The first-order valence-corrected chi connectivity index (χ1v) is 5.42. The Bertz CT molecular complexity index is 466. The van der Waals surface area contributed by atoms with Crippen molar-refractivity contribution in [2.75, 3.05) is 14.2 Å². The highest BCUT2D eigenvalue weighted by Crippen LogP contribution is 2.26. The number of nitrogens with zero attached hydrogens (tertiary/aromatic N) is 1. The zero-order chi connectivity index (χ0) is 12.8. The van der Waals surface area contributed by atoms with E-state index in [1.165, 1.54) is 14.2 Å². The molecule has 90 valence electrons. The van der Waals surface area contributed by atoms with Crippen molar-refractivity contribution in [3.8, 4) is 11.8 Å². The Morgan fingerprint density at radius 2 is 2.18 bits per heavy atom. The third kappa shape index (κ3) is 3.11. The first-order chi connectivity index (χ1) is 8.15. The largest absolute Gasteiger partial charge is 0.496 e. The molecule has 0 unspecified atom stereocenters. The number of hydrogen-bond acceptors (Lipinski definition) is 4. The van der Waals surface area contributed by atoms with E-state index in [2.05, 4.69) is 4.74 Å². The van der Waals surface area contributed by atoms with Gasteiger partial charge in [0.2, 0.25) is 0 Å². The van der Waals surface area contributed by atoms with Crippen molar-refractivity contribution in [2.45, 2.75) is 12.3 Å². The molecule has 0 aliphatic carbocycles. The predicted molar refractivity (Wildman–Crippen MR) is 63.0 cm³/mol. The fourth-order valence-electron chi connectivity index (χ4n) is 1.49. The summed E-state index contributed by atoms with van der Waals surface area (Å²) >= 11 is 5.82. The lowest BCUT2D eigenvalue weighted by atomic mass is 10.0. The van der Waals surface area contributed by atoms with Gasteiger partial charge >= 0.3 is 5.97 Å². The zero-order valence-corrected chi connectivity index (χ0v) is 10.4. The lowest BCUT2D eigenvalue weighted by Gasteiger charge is -2.11. The molecule has 0 radical (unpaired) electrons. The summed E-state index contributed by atoms with van der Waals surface area (Å²) in [6.45, 7) is 0. The molecule has 0 atom stereocenters. The summed E-state index contributed by atoms with van der Waals surface area (Å²) in [7, 11) is 2.81. The summed E-state index contributed by atoms with van der Waals surface area (Å²) in [5.74, 6) is 0.341. The van der Waals surface area contributed by atoms with Gasteiger partial charge in [-0.3, -0.25) is 4.79 Å². The molecule has 0 saturated heterocycles. The van der Waals surface area contributed by atoms with Crippen molar-refractivity contribution in [1.82, 2.24) is 0 Å². The minimum absolute atomic E-state index is 0.0738. The number of carbonyl (C=O) groups excluding carboxylic acids is 1. The Labute approximate surface area is 105 Å². The molecule has 1 aromatic carbocycles. The number of esters is 1. The lowest BCUT2D eigenvalue weighted by molar-refractivity contribution is -0.139. The van der Waals surface area contributed by atoms with Crippen LogP contribution in [-0.4, -0.2) is 20.2 Å². The maximum atomic E-state index is 11.3. The predicted octanol–water partition coefficient (Wildman–Crippen LogP) is 2.02. The first-order valence-electron chi connectivity index (χ1n) is 4.89. The summed E-state index contributed by atoms with van der Waals surface area (Å²) in [6.07, 6.45) is 0.0738. The second-order valence-electron chi connectivity index (χ2n) is 3.31. The number of alkyl halides is 1. The van der Waals surface area contributed by atoms with Crippen LogP contribution < -0.4 is 4.74 Å². The molecule has 0 N–H and O–H groups in total. The Morgan fingerprint density at radius 1 is 1.47 bits per heavy atom. The minimum atomic E-state index is -0.381. The van der Waals surface area contributed by atoms with Gasteiger partial charge in [-0.1, -0.05) is 0 Å². The Kier molecular flexibility index (Phi) is 4.80. The van der Waals surface area contributed by atoms with E-state index in [9.17, 15) is 4.79 Å². The van der Waals surface area contributed by atoms with Crippen LogP contribution in [0.25, 0.3) is 0 Å². The van der Waals surface area contributed by atoms with Gasteiger partial charge in [0.1, 0.15) is 5.75 Å². The van der Waals surface area contributed by atoms with E-state index in [4.69, 9.17) is 21.6 Å². The van der Waals surface area contributed by atoms with Gasteiger partial charge in [0.15, 0.2) is 0 Å². The van der Waals surface area contributed by atoms with Gasteiger partial charge in [-0.25, -0.2) is 0 Å². The van der Waals surface area contributed by atoms with E-state index in [0.717, 1.165) is 0 Å². The summed E-state index contributed by atoms with van der Waals surface area (Å²) in [6, 6.07) is 5.23.